The lowest BCUT2D eigenvalue weighted by molar-refractivity contribution is -0.120. The fourth-order valence-corrected chi connectivity index (χ4v) is 3.70. The van der Waals surface area contributed by atoms with Crippen LogP contribution in [0.25, 0.3) is 0 Å². The maximum atomic E-state index is 11.3. The molecule has 1 fully saturated rings. The number of carbonyl (C=O) groups is 1. The number of carbonyl (C=O) groups excluding carboxylic acids is 1. The molecule has 1 amide bonds. The van der Waals surface area contributed by atoms with Gasteiger partial charge in [-0.2, -0.15) is 0 Å². The largest absolute Gasteiger partial charge is 0.356 e. The summed E-state index contributed by atoms with van der Waals surface area (Å²) in [6.45, 7) is 3.21. The first-order chi connectivity index (χ1) is 11.3. The molecule has 0 saturated carbocycles. The second-order valence-corrected chi connectivity index (χ2v) is 7.59. The minimum atomic E-state index is 0.262. The number of hydrogen-bond acceptors (Lipinski definition) is 1. The lowest BCUT2D eigenvalue weighted by Crippen LogP contribution is -2.25. The maximum absolute atomic E-state index is 11.3. The summed E-state index contributed by atoms with van der Waals surface area (Å²) in [5.74, 6) is 1.01. The third-order valence-corrected chi connectivity index (χ3v) is 5.32. The standard InChI is InChI=1S/C21H41NO/c1-2-3-4-5-6-7-8-9-10-11-12-13-14-16-20-17-15-18-21(23)22-19-20/h20H,2-19H2,1H3,(H,22,23). The van der Waals surface area contributed by atoms with Crippen LogP contribution in [0.1, 0.15) is 116 Å². The van der Waals surface area contributed by atoms with Gasteiger partial charge < -0.3 is 5.32 Å². The third-order valence-electron chi connectivity index (χ3n) is 5.32. The molecule has 0 spiro atoms. The van der Waals surface area contributed by atoms with Crippen molar-refractivity contribution in [1.29, 1.82) is 0 Å². The first-order valence-corrected chi connectivity index (χ1v) is 10.6. The zero-order valence-corrected chi connectivity index (χ0v) is 15.7. The Labute approximate surface area is 145 Å². The van der Waals surface area contributed by atoms with Gasteiger partial charge in [0, 0.05) is 13.0 Å². The molecular weight excluding hydrogens is 282 g/mol. The van der Waals surface area contributed by atoms with Gasteiger partial charge in [-0.05, 0) is 25.2 Å². The van der Waals surface area contributed by atoms with Crippen LogP contribution in [0.15, 0.2) is 0 Å². The van der Waals surface area contributed by atoms with Gasteiger partial charge in [-0.1, -0.05) is 90.4 Å². The highest BCUT2D eigenvalue weighted by Crippen LogP contribution is 2.19. The lowest BCUT2D eigenvalue weighted by atomic mass is 9.96. The molecule has 1 unspecified atom stereocenters. The molecule has 2 heteroatoms. The first-order valence-electron chi connectivity index (χ1n) is 10.6. The van der Waals surface area contributed by atoms with E-state index in [1.54, 1.807) is 0 Å². The molecular formula is C21H41NO. The number of unbranched alkanes of at least 4 members (excludes halogenated alkanes) is 12. The highest BCUT2D eigenvalue weighted by molar-refractivity contribution is 5.76. The fourth-order valence-electron chi connectivity index (χ4n) is 3.70. The van der Waals surface area contributed by atoms with E-state index in [9.17, 15) is 4.79 Å². The number of rotatable bonds is 14. The van der Waals surface area contributed by atoms with E-state index in [4.69, 9.17) is 0 Å². The average Bonchev–Trinajstić information content (AvgIpc) is 2.76. The Balaban J connectivity index is 1.77. The van der Waals surface area contributed by atoms with Crippen molar-refractivity contribution in [3.05, 3.63) is 0 Å². The predicted octanol–water partition coefficient (Wildman–Crippen LogP) is 6.38. The highest BCUT2D eigenvalue weighted by Gasteiger charge is 2.14. The minimum absolute atomic E-state index is 0.262. The Bertz CT molecular complexity index is 277. The molecule has 1 saturated heterocycles. The zero-order chi connectivity index (χ0) is 16.6. The van der Waals surface area contributed by atoms with Gasteiger partial charge in [0.15, 0.2) is 0 Å². The van der Waals surface area contributed by atoms with Gasteiger partial charge in [0.25, 0.3) is 0 Å². The third kappa shape index (κ3) is 12.5. The van der Waals surface area contributed by atoms with Crippen LogP contribution in [0.5, 0.6) is 0 Å². The van der Waals surface area contributed by atoms with Gasteiger partial charge in [0.1, 0.15) is 0 Å². The highest BCUT2D eigenvalue weighted by atomic mass is 16.1. The van der Waals surface area contributed by atoms with Gasteiger partial charge in [-0.25, -0.2) is 0 Å². The first kappa shape index (κ1) is 20.5. The summed E-state index contributed by atoms with van der Waals surface area (Å²) in [6, 6.07) is 0. The van der Waals surface area contributed by atoms with Crippen molar-refractivity contribution in [3.63, 3.8) is 0 Å². The topological polar surface area (TPSA) is 29.1 Å². The van der Waals surface area contributed by atoms with E-state index in [1.165, 1.54) is 96.3 Å². The summed E-state index contributed by atoms with van der Waals surface area (Å²) in [5.41, 5.74) is 0. The molecule has 1 aliphatic heterocycles. The Morgan fingerprint density at radius 3 is 1.91 bits per heavy atom. The van der Waals surface area contributed by atoms with E-state index in [0.29, 0.717) is 0 Å². The van der Waals surface area contributed by atoms with E-state index in [1.807, 2.05) is 0 Å². The van der Waals surface area contributed by atoms with Crippen molar-refractivity contribution in [2.75, 3.05) is 6.54 Å². The van der Waals surface area contributed by atoms with Crippen LogP contribution >= 0.6 is 0 Å². The molecule has 23 heavy (non-hydrogen) atoms. The lowest BCUT2D eigenvalue weighted by Gasteiger charge is -2.13. The Hall–Kier alpha value is -0.530. The van der Waals surface area contributed by atoms with Crippen molar-refractivity contribution < 1.29 is 4.79 Å². The SMILES string of the molecule is CCCCCCCCCCCCCCCC1CCCC(=O)NC1. The van der Waals surface area contributed by atoms with Crippen molar-refractivity contribution >= 4 is 5.91 Å². The van der Waals surface area contributed by atoms with Crippen molar-refractivity contribution in [2.45, 2.75) is 116 Å². The monoisotopic (exact) mass is 323 g/mol. The van der Waals surface area contributed by atoms with Crippen LogP contribution in [-0.2, 0) is 4.79 Å². The molecule has 1 heterocycles. The normalized spacial score (nSPS) is 18.7. The molecule has 0 aliphatic carbocycles. The second-order valence-electron chi connectivity index (χ2n) is 7.59. The summed E-state index contributed by atoms with van der Waals surface area (Å²) in [6.07, 6.45) is 22.9. The van der Waals surface area contributed by atoms with E-state index in [-0.39, 0.29) is 5.91 Å². The molecule has 1 N–H and O–H groups in total. The molecule has 0 aromatic heterocycles. The van der Waals surface area contributed by atoms with Crippen molar-refractivity contribution in [3.8, 4) is 0 Å². The van der Waals surface area contributed by atoms with E-state index >= 15 is 0 Å². The van der Waals surface area contributed by atoms with Gasteiger partial charge >= 0.3 is 0 Å². The predicted molar refractivity (Wildman–Crippen MR) is 101 cm³/mol. The number of hydrogen-bond donors (Lipinski definition) is 1. The number of nitrogens with one attached hydrogen (secondary N) is 1. The summed E-state index contributed by atoms with van der Waals surface area (Å²) >= 11 is 0. The zero-order valence-electron chi connectivity index (χ0n) is 15.7. The smallest absolute Gasteiger partial charge is 0.220 e. The summed E-state index contributed by atoms with van der Waals surface area (Å²) in [4.78, 5) is 11.3. The van der Waals surface area contributed by atoms with Crippen LogP contribution in [0, 0.1) is 5.92 Å². The Morgan fingerprint density at radius 2 is 1.35 bits per heavy atom. The molecule has 0 aromatic rings. The van der Waals surface area contributed by atoms with Gasteiger partial charge in [0.05, 0.1) is 0 Å². The van der Waals surface area contributed by atoms with Gasteiger partial charge in [-0.3, -0.25) is 4.79 Å². The van der Waals surface area contributed by atoms with Crippen molar-refractivity contribution in [1.82, 2.24) is 5.32 Å². The Kier molecular flexibility index (Phi) is 13.4. The molecule has 136 valence electrons. The van der Waals surface area contributed by atoms with E-state index in [2.05, 4.69) is 12.2 Å². The van der Waals surface area contributed by atoms with E-state index < -0.39 is 0 Å². The van der Waals surface area contributed by atoms with Crippen LogP contribution in [0.3, 0.4) is 0 Å². The van der Waals surface area contributed by atoms with Crippen LogP contribution in [-0.4, -0.2) is 12.5 Å². The van der Waals surface area contributed by atoms with Crippen LogP contribution in [0.4, 0.5) is 0 Å². The van der Waals surface area contributed by atoms with Crippen LogP contribution in [0.2, 0.25) is 0 Å². The molecule has 0 aromatic carbocycles. The van der Waals surface area contributed by atoms with Gasteiger partial charge in [0.2, 0.25) is 5.91 Å². The summed E-state index contributed by atoms with van der Waals surface area (Å²) in [7, 11) is 0. The quantitative estimate of drug-likeness (QED) is 0.369. The van der Waals surface area contributed by atoms with E-state index in [0.717, 1.165) is 25.3 Å². The molecule has 1 aliphatic rings. The summed E-state index contributed by atoms with van der Waals surface area (Å²) in [5, 5.41) is 3.05. The second kappa shape index (κ2) is 15.0. The molecule has 0 radical (unpaired) electrons. The maximum Gasteiger partial charge on any atom is 0.220 e. The number of amides is 1. The fraction of sp³-hybridized carbons (Fsp3) is 0.952. The van der Waals surface area contributed by atoms with Crippen molar-refractivity contribution in [2.24, 2.45) is 5.92 Å². The average molecular weight is 324 g/mol. The molecule has 2 nitrogen and oxygen atoms in total. The molecule has 0 bridgehead atoms. The minimum Gasteiger partial charge on any atom is -0.356 e. The van der Waals surface area contributed by atoms with Gasteiger partial charge in [-0.15, -0.1) is 0 Å². The molecule has 1 atom stereocenters. The summed E-state index contributed by atoms with van der Waals surface area (Å²) < 4.78 is 0. The molecule has 1 rings (SSSR count). The Morgan fingerprint density at radius 1 is 0.826 bits per heavy atom. The van der Waals surface area contributed by atoms with Crippen LogP contribution < -0.4 is 5.32 Å².